The molecule has 1 saturated carbocycles. The number of amides is 2. The van der Waals surface area contributed by atoms with E-state index >= 15 is 0 Å². The highest BCUT2D eigenvalue weighted by Crippen LogP contribution is 2.26. The maximum absolute atomic E-state index is 13.2. The number of aromatic nitrogens is 2. The van der Waals surface area contributed by atoms with Gasteiger partial charge in [0.2, 0.25) is 5.91 Å². The molecule has 0 unspecified atom stereocenters. The molecule has 3 rings (SSSR count). The Hall–Kier alpha value is -2.25. The minimum atomic E-state index is -0.796. The molecule has 1 heterocycles. The van der Waals surface area contributed by atoms with Gasteiger partial charge in [-0.25, -0.2) is 0 Å². The number of hydrogen-bond donors (Lipinski definition) is 1. The van der Waals surface area contributed by atoms with Crippen LogP contribution in [-0.2, 0) is 4.79 Å². The van der Waals surface area contributed by atoms with Crippen LogP contribution in [0, 0.1) is 0 Å². The second-order valence-corrected chi connectivity index (χ2v) is 7.53. The topological polar surface area (TPSA) is 75.2 Å². The Balaban J connectivity index is 1.94. The van der Waals surface area contributed by atoms with Crippen LogP contribution in [-0.4, -0.2) is 38.9 Å². The summed E-state index contributed by atoms with van der Waals surface area (Å²) in [6, 6.07) is 6.32. The maximum Gasteiger partial charge on any atom is 0.276 e. The predicted octanol–water partition coefficient (Wildman–Crippen LogP) is 3.62. The van der Waals surface area contributed by atoms with Crippen LogP contribution in [0.15, 0.2) is 42.3 Å². The van der Waals surface area contributed by atoms with E-state index in [1.807, 2.05) is 0 Å². The second-order valence-electron chi connectivity index (χ2n) is 6.48. The zero-order valence-electron chi connectivity index (χ0n) is 14.8. The molecule has 1 aliphatic carbocycles. The first kappa shape index (κ1) is 19.5. The third kappa shape index (κ3) is 4.73. The second kappa shape index (κ2) is 9.10. The van der Waals surface area contributed by atoms with Crippen molar-refractivity contribution in [1.82, 2.24) is 19.8 Å². The molecule has 6 nitrogen and oxygen atoms in total. The molecule has 2 amide bonds. The molecule has 0 radical (unpaired) electrons. The molecule has 8 heteroatoms. The van der Waals surface area contributed by atoms with Crippen LogP contribution in [0.5, 0.6) is 0 Å². The summed E-state index contributed by atoms with van der Waals surface area (Å²) in [6.07, 6.45) is 5.74. The number of carbonyl (C=O) groups excluding carboxylic acids is 2. The fraction of sp³-hybridized carbons (Fsp3) is 0.368. The molecule has 1 fully saturated rings. The van der Waals surface area contributed by atoms with Crippen LogP contribution in [0.25, 0.3) is 0 Å². The van der Waals surface area contributed by atoms with Gasteiger partial charge in [0.15, 0.2) is 5.69 Å². The first-order valence-corrected chi connectivity index (χ1v) is 10.1. The summed E-state index contributed by atoms with van der Waals surface area (Å²) in [7, 11) is 0. The highest BCUT2D eigenvalue weighted by Gasteiger charge is 2.33. The molecule has 0 aliphatic heterocycles. The van der Waals surface area contributed by atoms with Crippen molar-refractivity contribution >= 4 is 34.9 Å². The predicted molar refractivity (Wildman–Crippen MR) is 106 cm³/mol. The number of rotatable bonds is 7. The Morgan fingerprint density at radius 2 is 2.04 bits per heavy atom. The minimum Gasteiger partial charge on any atom is -0.351 e. The lowest BCUT2D eigenvalue weighted by Crippen LogP contribution is -2.46. The Bertz CT molecular complexity index is 789. The third-order valence-corrected chi connectivity index (χ3v) is 5.37. The van der Waals surface area contributed by atoms with Gasteiger partial charge in [-0.1, -0.05) is 47.1 Å². The van der Waals surface area contributed by atoms with Gasteiger partial charge < -0.3 is 10.2 Å². The molecule has 1 atom stereocenters. The molecular formula is C19H21ClN4O2S. The lowest BCUT2D eigenvalue weighted by atomic mass is 10.0. The number of halogens is 1. The van der Waals surface area contributed by atoms with Crippen molar-refractivity contribution in [2.45, 2.75) is 37.8 Å². The smallest absolute Gasteiger partial charge is 0.276 e. The molecule has 0 spiro atoms. The lowest BCUT2D eigenvalue weighted by molar-refractivity contribution is -0.126. The molecule has 1 aromatic carbocycles. The summed E-state index contributed by atoms with van der Waals surface area (Å²) >= 11 is 7.10. The molecule has 27 heavy (non-hydrogen) atoms. The van der Waals surface area contributed by atoms with Crippen LogP contribution in [0.2, 0.25) is 5.02 Å². The molecule has 1 aromatic heterocycles. The molecular weight excluding hydrogens is 384 g/mol. The largest absolute Gasteiger partial charge is 0.351 e. The summed E-state index contributed by atoms with van der Waals surface area (Å²) in [4.78, 5) is 27.6. The maximum atomic E-state index is 13.2. The van der Waals surface area contributed by atoms with E-state index in [9.17, 15) is 9.59 Å². The van der Waals surface area contributed by atoms with E-state index in [1.54, 1.807) is 35.7 Å². The van der Waals surface area contributed by atoms with Gasteiger partial charge in [-0.05, 0) is 42.1 Å². The van der Waals surface area contributed by atoms with Crippen LogP contribution in [0.3, 0.4) is 0 Å². The van der Waals surface area contributed by atoms with Crippen LogP contribution in [0.4, 0.5) is 0 Å². The monoisotopic (exact) mass is 404 g/mol. The van der Waals surface area contributed by atoms with Crippen molar-refractivity contribution in [2.75, 3.05) is 6.54 Å². The summed E-state index contributed by atoms with van der Waals surface area (Å²) < 4.78 is 3.76. The zero-order chi connectivity index (χ0) is 19.2. The molecule has 2 aromatic rings. The van der Waals surface area contributed by atoms with E-state index in [0.29, 0.717) is 10.6 Å². The normalized spacial score (nSPS) is 15.3. The number of nitrogens with zero attached hydrogens (tertiary/aromatic N) is 3. The third-order valence-electron chi connectivity index (χ3n) is 4.61. The van der Waals surface area contributed by atoms with E-state index in [-0.39, 0.29) is 30.1 Å². The van der Waals surface area contributed by atoms with Gasteiger partial charge in [0.1, 0.15) is 6.04 Å². The molecule has 1 N–H and O–H groups in total. The minimum absolute atomic E-state index is 0.147. The van der Waals surface area contributed by atoms with Crippen molar-refractivity contribution in [3.8, 4) is 0 Å². The van der Waals surface area contributed by atoms with Gasteiger partial charge in [-0.15, -0.1) is 11.7 Å². The number of benzene rings is 1. The van der Waals surface area contributed by atoms with E-state index in [1.165, 1.54) is 4.90 Å². The van der Waals surface area contributed by atoms with Gasteiger partial charge in [0.05, 0.1) is 0 Å². The number of nitrogens with one attached hydrogen (secondary N) is 1. The Morgan fingerprint density at radius 1 is 1.33 bits per heavy atom. The average Bonchev–Trinajstić information content (AvgIpc) is 3.36. The van der Waals surface area contributed by atoms with Crippen molar-refractivity contribution in [1.29, 1.82) is 0 Å². The fourth-order valence-corrected chi connectivity index (χ4v) is 3.87. The van der Waals surface area contributed by atoms with E-state index in [2.05, 4.69) is 21.5 Å². The van der Waals surface area contributed by atoms with E-state index < -0.39 is 6.04 Å². The van der Waals surface area contributed by atoms with Gasteiger partial charge in [-0.3, -0.25) is 9.59 Å². The lowest BCUT2D eigenvalue weighted by Gasteiger charge is -2.31. The molecule has 142 valence electrons. The van der Waals surface area contributed by atoms with Gasteiger partial charge >= 0.3 is 0 Å². The van der Waals surface area contributed by atoms with Crippen molar-refractivity contribution in [3.63, 3.8) is 0 Å². The SMILES string of the molecule is C=CCN(C(=O)c1csnn1)[C@@H](C(=O)NC1CCCC1)c1ccc(Cl)cc1. The Kier molecular flexibility index (Phi) is 6.58. The average molecular weight is 405 g/mol. The molecule has 0 bridgehead atoms. The first-order valence-electron chi connectivity index (χ1n) is 8.85. The van der Waals surface area contributed by atoms with Crippen LogP contribution < -0.4 is 5.32 Å². The van der Waals surface area contributed by atoms with Crippen molar-refractivity contribution in [2.24, 2.45) is 0 Å². The summed E-state index contributed by atoms with van der Waals surface area (Å²) in [5.74, 6) is -0.562. The first-order chi connectivity index (χ1) is 13.1. The molecule has 1 aliphatic rings. The van der Waals surface area contributed by atoms with Crippen LogP contribution in [0.1, 0.15) is 47.8 Å². The fourth-order valence-electron chi connectivity index (χ4n) is 3.32. The number of hydrogen-bond acceptors (Lipinski definition) is 5. The summed E-state index contributed by atoms with van der Waals surface area (Å²) in [5.41, 5.74) is 0.905. The zero-order valence-corrected chi connectivity index (χ0v) is 16.4. The standard InChI is InChI=1S/C19H21ClN4O2S/c1-2-11-24(19(26)16-12-27-23-22-16)17(13-7-9-14(20)10-8-13)18(25)21-15-5-3-4-6-15/h2,7-10,12,15,17H,1,3-6,11H2,(H,21,25)/t17-/m1/s1. The quantitative estimate of drug-likeness (QED) is 0.715. The van der Waals surface area contributed by atoms with Crippen molar-refractivity contribution in [3.05, 3.63) is 58.6 Å². The Labute approximate surface area is 167 Å². The van der Waals surface area contributed by atoms with Crippen LogP contribution >= 0.6 is 23.1 Å². The summed E-state index contributed by atoms with van der Waals surface area (Å²) in [6.45, 7) is 3.95. The van der Waals surface area contributed by atoms with Gasteiger partial charge in [-0.2, -0.15) is 0 Å². The number of carbonyl (C=O) groups is 2. The van der Waals surface area contributed by atoms with E-state index in [4.69, 9.17) is 11.6 Å². The summed E-state index contributed by atoms with van der Waals surface area (Å²) in [5, 5.41) is 9.10. The highest BCUT2D eigenvalue weighted by molar-refractivity contribution is 7.03. The Morgan fingerprint density at radius 3 is 2.63 bits per heavy atom. The van der Waals surface area contributed by atoms with Gasteiger partial charge in [0, 0.05) is 23.0 Å². The van der Waals surface area contributed by atoms with Crippen molar-refractivity contribution < 1.29 is 9.59 Å². The van der Waals surface area contributed by atoms with E-state index in [0.717, 1.165) is 37.2 Å². The highest BCUT2D eigenvalue weighted by atomic mass is 35.5. The molecule has 0 saturated heterocycles. The van der Waals surface area contributed by atoms with Gasteiger partial charge in [0.25, 0.3) is 5.91 Å².